The summed E-state index contributed by atoms with van der Waals surface area (Å²) in [4.78, 5) is 0. The van der Waals surface area contributed by atoms with E-state index in [-0.39, 0.29) is 0 Å². The van der Waals surface area contributed by atoms with Gasteiger partial charge in [-0.1, -0.05) is 66.7 Å². The lowest BCUT2D eigenvalue weighted by molar-refractivity contribution is -0.418. The summed E-state index contributed by atoms with van der Waals surface area (Å²) in [6.45, 7) is 4.14. The third kappa shape index (κ3) is 1.86. The number of benzene rings is 3. The van der Waals surface area contributed by atoms with Gasteiger partial charge in [-0.25, -0.2) is 4.58 Å². The first-order valence-electron chi connectivity index (χ1n) is 7.07. The summed E-state index contributed by atoms with van der Waals surface area (Å²) in [6.07, 6.45) is 4.19. The second-order valence-electron chi connectivity index (χ2n) is 5.25. The van der Waals surface area contributed by atoms with Crippen LogP contribution in [0.5, 0.6) is 0 Å². The summed E-state index contributed by atoms with van der Waals surface area (Å²) in [5.74, 6) is 0. The Morgan fingerprint density at radius 2 is 1.57 bits per heavy atom. The quantitative estimate of drug-likeness (QED) is 0.453. The first-order chi connectivity index (χ1) is 10.3. The van der Waals surface area contributed by atoms with Gasteiger partial charge < -0.3 is 0 Å². The van der Waals surface area contributed by atoms with Crippen LogP contribution in [-0.2, 0) is 0 Å². The Labute approximate surface area is 124 Å². The van der Waals surface area contributed by atoms with E-state index < -0.39 is 0 Å². The van der Waals surface area contributed by atoms with E-state index in [1.807, 2.05) is 16.8 Å². The number of fused-ring (bicyclic) bond motifs is 3. The van der Waals surface area contributed by atoms with Crippen LogP contribution in [0.15, 0.2) is 72.9 Å². The highest BCUT2D eigenvalue weighted by atomic mass is 15.0. The van der Waals surface area contributed by atoms with E-state index in [4.69, 9.17) is 0 Å². The predicted octanol–water partition coefficient (Wildman–Crippen LogP) is 4.47. The first kappa shape index (κ1) is 12.0. The molecule has 0 bridgehead atoms. The predicted molar refractivity (Wildman–Crippen MR) is 88.3 cm³/mol. The molecule has 1 nitrogen and oxygen atoms in total. The third-order valence-corrected chi connectivity index (χ3v) is 3.98. The number of rotatable bonds is 1. The maximum Gasteiger partial charge on any atom is 0.159 e. The minimum atomic E-state index is 1.15. The van der Waals surface area contributed by atoms with Crippen molar-refractivity contribution in [3.05, 3.63) is 95.7 Å². The molecule has 1 aliphatic rings. The van der Waals surface area contributed by atoms with Crippen molar-refractivity contribution < 1.29 is 4.58 Å². The Hall–Kier alpha value is -2.80. The Morgan fingerprint density at radius 3 is 2.43 bits per heavy atom. The number of nitrogens with zero attached hydrogens (tertiary/aromatic N) is 1. The Bertz CT molecular complexity index is 859. The van der Waals surface area contributed by atoms with Crippen LogP contribution in [-0.4, -0.2) is 11.3 Å². The van der Waals surface area contributed by atoms with Gasteiger partial charge in [0, 0.05) is 0 Å². The first-order valence-corrected chi connectivity index (χ1v) is 7.07. The summed E-state index contributed by atoms with van der Waals surface area (Å²) in [5, 5.41) is 2.55. The molecule has 0 unspecified atom stereocenters. The molecule has 0 fully saturated rings. The molecule has 0 aliphatic carbocycles. The van der Waals surface area contributed by atoms with Gasteiger partial charge in [0.2, 0.25) is 0 Å². The molecule has 0 atom stereocenters. The highest BCUT2D eigenvalue weighted by Gasteiger charge is 2.24. The minimum Gasteiger partial charge on any atom is -0.243 e. The van der Waals surface area contributed by atoms with Crippen molar-refractivity contribution in [2.45, 2.75) is 0 Å². The van der Waals surface area contributed by atoms with Crippen molar-refractivity contribution >= 4 is 23.6 Å². The zero-order valence-electron chi connectivity index (χ0n) is 11.7. The van der Waals surface area contributed by atoms with E-state index in [0.29, 0.717) is 0 Å². The molecule has 1 heteroatoms. The molecule has 0 saturated carbocycles. The van der Waals surface area contributed by atoms with Crippen LogP contribution in [0.4, 0.5) is 0 Å². The molecule has 3 aromatic rings. The van der Waals surface area contributed by atoms with Crippen LogP contribution in [0, 0.1) is 6.04 Å². The fraction of sp³-hybridized carbons (Fsp3) is 0. The molecule has 0 saturated heterocycles. The fourth-order valence-electron chi connectivity index (χ4n) is 2.99. The summed E-state index contributed by atoms with van der Waals surface area (Å²) in [5.41, 5.74) is 3.69. The van der Waals surface area contributed by atoms with Gasteiger partial charge in [-0.2, -0.15) is 0 Å². The molecule has 0 spiro atoms. The van der Waals surface area contributed by atoms with Gasteiger partial charge in [-0.3, -0.25) is 0 Å². The maximum absolute atomic E-state index is 4.14. The van der Waals surface area contributed by atoms with E-state index >= 15 is 0 Å². The summed E-state index contributed by atoms with van der Waals surface area (Å²) < 4.78 is 1.95. The smallest absolute Gasteiger partial charge is 0.159 e. The van der Waals surface area contributed by atoms with Gasteiger partial charge >= 0.3 is 0 Å². The number of hydrogen-bond acceptors (Lipinski definition) is 0. The second-order valence-corrected chi connectivity index (χ2v) is 5.25. The molecule has 0 amide bonds. The summed E-state index contributed by atoms with van der Waals surface area (Å²) in [7, 11) is 0. The van der Waals surface area contributed by atoms with E-state index in [1.54, 1.807) is 0 Å². The van der Waals surface area contributed by atoms with Crippen LogP contribution in [0.25, 0.3) is 16.8 Å². The topological polar surface area (TPSA) is 3.01 Å². The molecular weight excluding hydrogens is 254 g/mol. The summed E-state index contributed by atoms with van der Waals surface area (Å²) in [6, 6.07) is 24.5. The van der Waals surface area contributed by atoms with Gasteiger partial charge in [-0.05, 0) is 33.5 Å². The Kier molecular flexibility index (Phi) is 2.65. The Balaban J connectivity index is 1.99. The average Bonchev–Trinajstić information content (AvgIpc) is 2.55. The molecule has 21 heavy (non-hydrogen) atoms. The monoisotopic (exact) mass is 269 g/mol. The van der Waals surface area contributed by atoms with E-state index in [1.165, 1.54) is 27.5 Å². The molecular formula is C20H15N. The zero-order chi connectivity index (χ0) is 14.2. The van der Waals surface area contributed by atoms with Crippen LogP contribution < -0.4 is 0 Å². The normalized spacial score (nSPS) is 13.5. The minimum absolute atomic E-state index is 1.15. The van der Waals surface area contributed by atoms with Gasteiger partial charge in [-0.15, -0.1) is 0 Å². The van der Waals surface area contributed by atoms with Gasteiger partial charge in [0.1, 0.15) is 6.20 Å². The second kappa shape index (κ2) is 4.64. The van der Waals surface area contributed by atoms with Crippen LogP contribution in [0.3, 0.4) is 0 Å². The maximum atomic E-state index is 4.14. The average molecular weight is 269 g/mol. The van der Waals surface area contributed by atoms with Crippen LogP contribution >= 0.6 is 0 Å². The van der Waals surface area contributed by atoms with E-state index in [0.717, 1.165) is 6.04 Å². The molecule has 100 valence electrons. The van der Waals surface area contributed by atoms with Crippen LogP contribution in [0.1, 0.15) is 16.7 Å². The fourth-order valence-corrected chi connectivity index (χ4v) is 2.99. The SMILES string of the molecule is C=[N+]1C=Cc2c(ccc3ccccc23)[C-]1c1ccccc1. The highest BCUT2D eigenvalue weighted by Crippen LogP contribution is 2.35. The highest BCUT2D eigenvalue weighted by molar-refractivity contribution is 5.93. The Morgan fingerprint density at radius 1 is 0.810 bits per heavy atom. The molecule has 4 rings (SSSR count). The van der Waals surface area contributed by atoms with Crippen molar-refractivity contribution in [1.29, 1.82) is 0 Å². The van der Waals surface area contributed by atoms with Gasteiger partial charge in [0.25, 0.3) is 0 Å². The molecule has 0 N–H and O–H groups in total. The van der Waals surface area contributed by atoms with Gasteiger partial charge in [0.15, 0.2) is 6.04 Å². The molecule has 3 aromatic carbocycles. The third-order valence-electron chi connectivity index (χ3n) is 3.98. The molecule has 1 aliphatic heterocycles. The van der Waals surface area contributed by atoms with Crippen molar-refractivity contribution in [2.75, 3.05) is 0 Å². The number of hydrogen-bond donors (Lipinski definition) is 0. The van der Waals surface area contributed by atoms with Crippen molar-refractivity contribution in [2.24, 2.45) is 0 Å². The molecule has 0 radical (unpaired) electrons. The van der Waals surface area contributed by atoms with Crippen molar-refractivity contribution in [3.8, 4) is 0 Å². The lowest BCUT2D eigenvalue weighted by Gasteiger charge is -2.25. The van der Waals surface area contributed by atoms with E-state index in [9.17, 15) is 0 Å². The van der Waals surface area contributed by atoms with E-state index in [2.05, 4.69) is 73.5 Å². The largest absolute Gasteiger partial charge is 0.243 e. The van der Waals surface area contributed by atoms with Gasteiger partial charge in [0.05, 0.1) is 6.72 Å². The molecule has 0 aromatic heterocycles. The summed E-state index contributed by atoms with van der Waals surface area (Å²) >= 11 is 0. The standard InChI is InChI=1S/C20H15N/c1-21-14-13-18-17-10-6-5-7-15(17)11-12-19(18)20(21)16-8-3-2-4-9-16/h2-14H,1H2. The zero-order valence-corrected chi connectivity index (χ0v) is 11.7. The molecule has 1 heterocycles. The van der Waals surface area contributed by atoms with Crippen LogP contribution in [0.2, 0.25) is 0 Å². The van der Waals surface area contributed by atoms with Crippen molar-refractivity contribution in [3.63, 3.8) is 0 Å². The van der Waals surface area contributed by atoms with Crippen molar-refractivity contribution in [1.82, 2.24) is 0 Å². The lowest BCUT2D eigenvalue weighted by Crippen LogP contribution is -2.18. The lowest BCUT2D eigenvalue weighted by atomic mass is 9.88.